The molecular weight excluding hydrogens is 431 g/mol. The minimum Gasteiger partial charge on any atom is -0.320 e. The lowest BCUT2D eigenvalue weighted by atomic mass is 9.86. The molecule has 0 spiro atoms. The van der Waals surface area contributed by atoms with Crippen molar-refractivity contribution in [2.75, 3.05) is 0 Å². The number of hydrazine groups is 1. The average Bonchev–Trinajstić information content (AvgIpc) is 2.85. The van der Waals surface area contributed by atoms with Crippen molar-refractivity contribution in [3.05, 3.63) is 71.3 Å². The Hall–Kier alpha value is -2.87. The highest BCUT2D eigenvalue weighted by Gasteiger charge is 2.44. The maximum absolute atomic E-state index is 13.6. The molecule has 178 valence electrons. The van der Waals surface area contributed by atoms with Crippen molar-refractivity contribution in [3.8, 4) is 0 Å². The molecule has 1 aliphatic rings. The first-order valence-electron chi connectivity index (χ1n) is 10.9. The predicted octanol–water partition coefficient (Wildman–Crippen LogP) is 5.04. The van der Waals surface area contributed by atoms with Crippen molar-refractivity contribution in [2.45, 2.75) is 70.3 Å². The molecule has 2 N–H and O–H groups in total. The first-order valence-corrected chi connectivity index (χ1v) is 10.9. The number of nitrogens with zero attached hydrogens (tertiary/aromatic N) is 2. The number of benzene rings is 2. The van der Waals surface area contributed by atoms with E-state index in [1.165, 1.54) is 29.1 Å². The van der Waals surface area contributed by atoms with Gasteiger partial charge < -0.3 is 5.73 Å². The van der Waals surface area contributed by atoms with Gasteiger partial charge in [-0.25, -0.2) is 10.0 Å². The summed E-state index contributed by atoms with van der Waals surface area (Å²) >= 11 is 0. The first-order chi connectivity index (χ1) is 15.3. The molecule has 0 aromatic heterocycles. The van der Waals surface area contributed by atoms with E-state index in [1.807, 2.05) is 30.3 Å². The highest BCUT2D eigenvalue weighted by Crippen LogP contribution is 2.41. The van der Waals surface area contributed by atoms with Crippen LogP contribution in [0.1, 0.15) is 69.2 Å². The normalized spacial score (nSPS) is 22.1. The number of rotatable bonds is 3. The largest absolute Gasteiger partial charge is 0.416 e. The third-order valence-electron chi connectivity index (χ3n) is 5.93. The van der Waals surface area contributed by atoms with E-state index in [2.05, 4.69) is 0 Å². The van der Waals surface area contributed by atoms with Gasteiger partial charge in [0.1, 0.15) is 0 Å². The minimum atomic E-state index is -4.47. The van der Waals surface area contributed by atoms with E-state index < -0.39 is 35.3 Å². The maximum atomic E-state index is 13.6. The van der Waals surface area contributed by atoms with Crippen LogP contribution in [-0.4, -0.2) is 33.4 Å². The van der Waals surface area contributed by atoms with Crippen molar-refractivity contribution in [3.63, 3.8) is 0 Å². The van der Waals surface area contributed by atoms with Gasteiger partial charge in [0.2, 0.25) is 5.91 Å². The molecule has 33 heavy (non-hydrogen) atoms. The number of nitrogens with two attached hydrogens (primary N) is 1. The molecule has 3 atom stereocenters. The minimum absolute atomic E-state index is 0.115. The number of carbonyl (C=O) groups is 2. The van der Waals surface area contributed by atoms with Gasteiger partial charge in [0, 0.05) is 6.92 Å². The molecule has 2 aromatic rings. The van der Waals surface area contributed by atoms with Gasteiger partial charge in [0.05, 0.1) is 23.2 Å². The molecule has 0 saturated carbocycles. The Morgan fingerprint density at radius 2 is 1.55 bits per heavy atom. The van der Waals surface area contributed by atoms with Crippen molar-refractivity contribution >= 4 is 11.8 Å². The second-order valence-corrected chi connectivity index (χ2v) is 9.51. The second-order valence-electron chi connectivity index (χ2n) is 9.51. The molecular formula is C25H30F3N3O2. The van der Waals surface area contributed by atoms with Crippen LogP contribution >= 0.6 is 0 Å². The number of hydrogen-bond acceptors (Lipinski definition) is 3. The summed E-state index contributed by atoms with van der Waals surface area (Å²) in [4.78, 5) is 26.3. The summed E-state index contributed by atoms with van der Waals surface area (Å²) < 4.78 is 39.5. The van der Waals surface area contributed by atoms with Crippen LogP contribution in [0.2, 0.25) is 0 Å². The Kier molecular flexibility index (Phi) is 6.88. The summed E-state index contributed by atoms with van der Waals surface area (Å²) in [5.74, 6) is -0.891. The molecule has 2 amide bonds. The molecule has 0 bridgehead atoms. The zero-order valence-electron chi connectivity index (χ0n) is 19.3. The molecule has 2 aromatic carbocycles. The zero-order chi connectivity index (χ0) is 24.6. The first kappa shape index (κ1) is 24.8. The Balaban J connectivity index is 2.15. The molecule has 8 heteroatoms. The Morgan fingerprint density at radius 1 is 0.970 bits per heavy atom. The third-order valence-corrected chi connectivity index (χ3v) is 5.93. The van der Waals surface area contributed by atoms with Gasteiger partial charge >= 0.3 is 6.18 Å². The Morgan fingerprint density at radius 3 is 2.03 bits per heavy atom. The highest BCUT2D eigenvalue weighted by atomic mass is 19.4. The number of amides is 2. The predicted molar refractivity (Wildman–Crippen MR) is 120 cm³/mol. The van der Waals surface area contributed by atoms with Crippen LogP contribution in [0.3, 0.4) is 0 Å². The van der Waals surface area contributed by atoms with Crippen molar-refractivity contribution in [2.24, 2.45) is 5.73 Å². The summed E-state index contributed by atoms with van der Waals surface area (Å²) in [5.41, 5.74) is 6.31. The van der Waals surface area contributed by atoms with Gasteiger partial charge in [0.15, 0.2) is 0 Å². The quantitative estimate of drug-likeness (QED) is 0.696. The lowest BCUT2D eigenvalue weighted by Crippen LogP contribution is -2.60. The van der Waals surface area contributed by atoms with Gasteiger partial charge in [0.25, 0.3) is 5.91 Å². The van der Waals surface area contributed by atoms with Crippen molar-refractivity contribution in [1.82, 2.24) is 10.0 Å². The lowest BCUT2D eigenvalue weighted by Gasteiger charge is -2.46. The molecule has 1 heterocycles. The van der Waals surface area contributed by atoms with Crippen molar-refractivity contribution in [1.29, 1.82) is 0 Å². The fraction of sp³-hybridized carbons (Fsp3) is 0.440. The van der Waals surface area contributed by atoms with E-state index >= 15 is 0 Å². The van der Waals surface area contributed by atoms with E-state index in [0.717, 1.165) is 17.7 Å². The summed E-state index contributed by atoms with van der Waals surface area (Å²) in [5, 5.41) is 2.75. The fourth-order valence-corrected chi connectivity index (χ4v) is 4.55. The highest BCUT2D eigenvalue weighted by molar-refractivity contribution is 5.86. The molecule has 3 rings (SSSR count). The maximum Gasteiger partial charge on any atom is 0.416 e. The number of alkyl halides is 3. The van der Waals surface area contributed by atoms with E-state index in [1.54, 1.807) is 20.8 Å². The smallest absolute Gasteiger partial charge is 0.320 e. The molecule has 1 aliphatic heterocycles. The Bertz CT molecular complexity index is 985. The molecule has 0 aliphatic carbocycles. The third kappa shape index (κ3) is 5.38. The molecule has 0 radical (unpaired) electrons. The fourth-order valence-electron chi connectivity index (χ4n) is 4.55. The van der Waals surface area contributed by atoms with Crippen LogP contribution in [0.15, 0.2) is 54.6 Å². The zero-order valence-corrected chi connectivity index (χ0v) is 19.3. The summed E-state index contributed by atoms with van der Waals surface area (Å²) in [6.07, 6.45) is -3.69. The van der Waals surface area contributed by atoms with Crippen molar-refractivity contribution < 1.29 is 22.8 Å². The van der Waals surface area contributed by atoms with E-state index in [0.29, 0.717) is 18.4 Å². The summed E-state index contributed by atoms with van der Waals surface area (Å²) in [6, 6.07) is 12.8. The van der Waals surface area contributed by atoms with Gasteiger partial charge in [-0.2, -0.15) is 13.2 Å². The van der Waals surface area contributed by atoms with Gasteiger partial charge in [-0.3, -0.25) is 9.59 Å². The molecule has 1 saturated heterocycles. The van der Waals surface area contributed by atoms with E-state index in [9.17, 15) is 22.8 Å². The molecule has 3 unspecified atom stereocenters. The average molecular weight is 462 g/mol. The van der Waals surface area contributed by atoms with Crippen LogP contribution in [0, 0.1) is 0 Å². The SMILES string of the molecule is CC(=O)N(N1C(=O)C(N)CC(c2ccccc2)CC1c1ccc(C(F)(F)F)cc1)C(C)(C)C. The topological polar surface area (TPSA) is 66.6 Å². The van der Waals surface area contributed by atoms with Gasteiger partial charge in [-0.1, -0.05) is 42.5 Å². The second kappa shape index (κ2) is 9.17. The standard InChI is InChI=1S/C25H30F3N3O2/c1-16(32)31(24(2,3)4)30-22(18-10-12-20(13-11-18)25(26,27)28)15-19(14-21(29)23(30)33)17-8-6-5-7-9-17/h5-13,19,21-22H,14-15,29H2,1-4H3. The van der Waals surface area contributed by atoms with Gasteiger partial charge in [-0.15, -0.1) is 0 Å². The summed E-state index contributed by atoms with van der Waals surface area (Å²) in [7, 11) is 0. The van der Waals surface area contributed by atoms with Crippen LogP contribution in [0.4, 0.5) is 13.2 Å². The van der Waals surface area contributed by atoms with Crippen LogP contribution in [0.25, 0.3) is 0 Å². The summed E-state index contributed by atoms with van der Waals surface area (Å²) in [6.45, 7) is 6.77. The van der Waals surface area contributed by atoms with E-state index in [4.69, 9.17) is 5.73 Å². The van der Waals surface area contributed by atoms with Gasteiger partial charge in [-0.05, 0) is 62.8 Å². The number of hydrogen-bond donors (Lipinski definition) is 1. The van der Waals surface area contributed by atoms with Crippen LogP contribution in [-0.2, 0) is 15.8 Å². The lowest BCUT2D eigenvalue weighted by molar-refractivity contribution is -0.181. The number of carbonyl (C=O) groups excluding carboxylic acids is 2. The molecule has 5 nitrogen and oxygen atoms in total. The van der Waals surface area contributed by atoms with E-state index in [-0.39, 0.29) is 11.8 Å². The monoisotopic (exact) mass is 461 g/mol. The van der Waals surface area contributed by atoms with Crippen LogP contribution < -0.4 is 5.73 Å². The number of halogens is 3. The Labute approximate surface area is 192 Å². The molecule has 1 fully saturated rings. The van der Waals surface area contributed by atoms with Crippen LogP contribution in [0.5, 0.6) is 0 Å².